The standard InChI is InChI=1S/C11H21N3O/c1-7(2)6-14-10(15)8(12)9(13-14)11(3,4)5/h7,13H,6,12H2,1-5H3. The molecule has 86 valence electrons. The Morgan fingerprint density at radius 2 is 1.93 bits per heavy atom. The summed E-state index contributed by atoms with van der Waals surface area (Å²) >= 11 is 0. The molecule has 0 saturated heterocycles. The monoisotopic (exact) mass is 211 g/mol. The minimum atomic E-state index is -0.120. The van der Waals surface area contributed by atoms with E-state index in [0.29, 0.717) is 18.2 Å². The highest BCUT2D eigenvalue weighted by Gasteiger charge is 2.22. The first-order chi connectivity index (χ1) is 6.73. The average Bonchev–Trinajstić information content (AvgIpc) is 2.30. The highest BCUT2D eigenvalue weighted by molar-refractivity contribution is 5.44. The van der Waals surface area contributed by atoms with Gasteiger partial charge in [-0.2, -0.15) is 0 Å². The predicted octanol–water partition coefficient (Wildman–Crippen LogP) is 1.71. The van der Waals surface area contributed by atoms with E-state index in [2.05, 4.69) is 18.9 Å². The molecule has 0 atom stereocenters. The molecule has 0 aliphatic heterocycles. The van der Waals surface area contributed by atoms with Gasteiger partial charge in [-0.05, 0) is 5.92 Å². The second kappa shape index (κ2) is 3.76. The molecular weight excluding hydrogens is 190 g/mol. The lowest BCUT2D eigenvalue weighted by Crippen LogP contribution is -2.20. The number of aromatic nitrogens is 2. The number of H-pyrrole nitrogens is 1. The molecule has 0 aliphatic carbocycles. The predicted molar refractivity (Wildman–Crippen MR) is 63.0 cm³/mol. The second-order valence-corrected chi connectivity index (χ2v) is 5.46. The number of nitrogens with one attached hydrogen (secondary N) is 1. The lowest BCUT2D eigenvalue weighted by molar-refractivity contribution is 0.457. The van der Waals surface area contributed by atoms with Crippen LogP contribution in [0.15, 0.2) is 4.79 Å². The zero-order chi connectivity index (χ0) is 11.8. The fourth-order valence-electron chi connectivity index (χ4n) is 1.56. The molecule has 4 nitrogen and oxygen atoms in total. The molecule has 1 rings (SSSR count). The number of nitrogens with two attached hydrogens (primary N) is 1. The topological polar surface area (TPSA) is 63.8 Å². The molecule has 0 aromatic carbocycles. The van der Waals surface area contributed by atoms with E-state index in [0.717, 1.165) is 5.69 Å². The van der Waals surface area contributed by atoms with Crippen molar-refractivity contribution in [1.82, 2.24) is 9.78 Å². The van der Waals surface area contributed by atoms with Gasteiger partial charge >= 0.3 is 0 Å². The summed E-state index contributed by atoms with van der Waals surface area (Å²) in [5.41, 5.74) is 6.76. The van der Waals surface area contributed by atoms with Gasteiger partial charge in [-0.25, -0.2) is 0 Å². The Labute approximate surface area is 90.5 Å². The molecule has 0 spiro atoms. The number of anilines is 1. The minimum Gasteiger partial charge on any atom is -0.393 e. The van der Waals surface area contributed by atoms with Gasteiger partial charge in [-0.1, -0.05) is 34.6 Å². The molecule has 0 amide bonds. The van der Waals surface area contributed by atoms with Crippen molar-refractivity contribution < 1.29 is 0 Å². The van der Waals surface area contributed by atoms with Gasteiger partial charge in [0, 0.05) is 12.0 Å². The number of hydrogen-bond donors (Lipinski definition) is 2. The maximum atomic E-state index is 11.8. The van der Waals surface area contributed by atoms with Crippen LogP contribution < -0.4 is 11.3 Å². The van der Waals surface area contributed by atoms with E-state index in [4.69, 9.17) is 5.73 Å². The molecule has 0 aliphatic rings. The van der Waals surface area contributed by atoms with Crippen molar-refractivity contribution in [3.8, 4) is 0 Å². The Morgan fingerprint density at radius 1 is 1.40 bits per heavy atom. The van der Waals surface area contributed by atoms with Crippen LogP contribution in [0.4, 0.5) is 5.69 Å². The number of rotatable bonds is 2. The van der Waals surface area contributed by atoms with E-state index in [1.54, 1.807) is 4.68 Å². The molecule has 15 heavy (non-hydrogen) atoms. The van der Waals surface area contributed by atoms with Gasteiger partial charge in [-0.15, -0.1) is 0 Å². The molecule has 0 unspecified atom stereocenters. The van der Waals surface area contributed by atoms with E-state index >= 15 is 0 Å². The normalized spacial score (nSPS) is 12.4. The Bertz CT molecular complexity index is 393. The summed E-state index contributed by atoms with van der Waals surface area (Å²) < 4.78 is 1.60. The number of nitrogens with zero attached hydrogens (tertiary/aromatic N) is 1. The zero-order valence-electron chi connectivity index (χ0n) is 10.2. The van der Waals surface area contributed by atoms with Crippen LogP contribution in [0.2, 0.25) is 0 Å². The first-order valence-corrected chi connectivity index (χ1v) is 5.32. The summed E-state index contributed by atoms with van der Waals surface area (Å²) in [6.45, 7) is 10.9. The molecule has 1 heterocycles. The summed E-state index contributed by atoms with van der Waals surface area (Å²) in [5, 5.41) is 3.10. The van der Waals surface area contributed by atoms with Gasteiger partial charge in [-0.3, -0.25) is 14.6 Å². The quantitative estimate of drug-likeness (QED) is 0.782. The average molecular weight is 211 g/mol. The summed E-state index contributed by atoms with van der Waals surface area (Å²) in [6, 6.07) is 0. The maximum absolute atomic E-state index is 11.8. The lowest BCUT2D eigenvalue weighted by atomic mass is 9.91. The van der Waals surface area contributed by atoms with Gasteiger partial charge in [0.2, 0.25) is 0 Å². The van der Waals surface area contributed by atoms with Gasteiger partial charge in [0.1, 0.15) is 5.69 Å². The molecular formula is C11H21N3O. The van der Waals surface area contributed by atoms with Crippen molar-refractivity contribution in [2.45, 2.75) is 46.6 Å². The number of nitrogen functional groups attached to an aromatic ring is 1. The Morgan fingerprint density at radius 3 is 2.27 bits per heavy atom. The SMILES string of the molecule is CC(C)Cn1[nH]c(C(C)(C)C)c(N)c1=O. The van der Waals surface area contributed by atoms with Crippen LogP contribution in [-0.2, 0) is 12.0 Å². The third-order valence-corrected chi connectivity index (χ3v) is 2.29. The van der Waals surface area contributed by atoms with Crippen LogP contribution in [0, 0.1) is 5.92 Å². The molecule has 4 heteroatoms. The van der Waals surface area contributed by atoms with Crippen LogP contribution in [0.25, 0.3) is 0 Å². The van der Waals surface area contributed by atoms with Crippen molar-refractivity contribution in [1.29, 1.82) is 0 Å². The lowest BCUT2D eigenvalue weighted by Gasteiger charge is -2.16. The van der Waals surface area contributed by atoms with Crippen molar-refractivity contribution in [3.05, 3.63) is 16.0 Å². The first-order valence-electron chi connectivity index (χ1n) is 5.32. The van der Waals surface area contributed by atoms with E-state index in [1.165, 1.54) is 0 Å². The summed E-state index contributed by atoms with van der Waals surface area (Å²) in [6.07, 6.45) is 0. The van der Waals surface area contributed by atoms with Crippen LogP contribution >= 0.6 is 0 Å². The summed E-state index contributed by atoms with van der Waals surface area (Å²) in [5.74, 6) is 0.425. The van der Waals surface area contributed by atoms with Gasteiger partial charge in [0.15, 0.2) is 0 Å². The van der Waals surface area contributed by atoms with E-state index in [-0.39, 0.29) is 11.0 Å². The first kappa shape index (κ1) is 11.9. The third kappa shape index (κ3) is 2.43. The van der Waals surface area contributed by atoms with Crippen LogP contribution in [-0.4, -0.2) is 9.78 Å². The number of aromatic amines is 1. The summed E-state index contributed by atoms with van der Waals surface area (Å²) in [4.78, 5) is 11.8. The van der Waals surface area contributed by atoms with Crippen molar-refractivity contribution in [3.63, 3.8) is 0 Å². The molecule has 1 aromatic rings. The molecule has 0 saturated carbocycles. The van der Waals surface area contributed by atoms with E-state index in [1.807, 2.05) is 20.8 Å². The third-order valence-electron chi connectivity index (χ3n) is 2.29. The molecule has 0 fully saturated rings. The molecule has 3 N–H and O–H groups in total. The van der Waals surface area contributed by atoms with Gasteiger partial charge < -0.3 is 5.73 Å². The largest absolute Gasteiger partial charge is 0.393 e. The van der Waals surface area contributed by atoms with Crippen molar-refractivity contribution in [2.75, 3.05) is 5.73 Å². The maximum Gasteiger partial charge on any atom is 0.289 e. The summed E-state index contributed by atoms with van der Waals surface area (Å²) in [7, 11) is 0. The van der Waals surface area contributed by atoms with Crippen molar-refractivity contribution >= 4 is 5.69 Å². The fraction of sp³-hybridized carbons (Fsp3) is 0.727. The fourth-order valence-corrected chi connectivity index (χ4v) is 1.56. The Kier molecular flexibility index (Phi) is 2.98. The highest BCUT2D eigenvalue weighted by atomic mass is 16.1. The van der Waals surface area contributed by atoms with Crippen LogP contribution in [0.3, 0.4) is 0 Å². The Hall–Kier alpha value is -1.19. The molecule has 0 bridgehead atoms. The van der Waals surface area contributed by atoms with Gasteiger partial charge in [0.25, 0.3) is 5.56 Å². The number of hydrogen-bond acceptors (Lipinski definition) is 2. The highest BCUT2D eigenvalue weighted by Crippen LogP contribution is 2.23. The smallest absolute Gasteiger partial charge is 0.289 e. The zero-order valence-corrected chi connectivity index (χ0v) is 10.2. The van der Waals surface area contributed by atoms with Crippen molar-refractivity contribution in [2.24, 2.45) is 5.92 Å². The minimum absolute atomic E-state index is 0.103. The van der Waals surface area contributed by atoms with E-state index < -0.39 is 0 Å². The van der Waals surface area contributed by atoms with Crippen LogP contribution in [0.5, 0.6) is 0 Å². The molecule has 1 aromatic heterocycles. The molecule has 0 radical (unpaired) electrons. The van der Waals surface area contributed by atoms with Gasteiger partial charge in [0.05, 0.1) is 5.69 Å². The van der Waals surface area contributed by atoms with E-state index in [9.17, 15) is 4.79 Å². The van der Waals surface area contributed by atoms with Crippen LogP contribution in [0.1, 0.15) is 40.3 Å². The Balaban J connectivity index is 3.19. The second-order valence-electron chi connectivity index (χ2n) is 5.46.